The molecule has 2 atom stereocenters. The van der Waals surface area contributed by atoms with Crippen molar-refractivity contribution in [2.24, 2.45) is 11.8 Å². The minimum atomic E-state index is -0.603. The number of amides is 2. The lowest BCUT2D eigenvalue weighted by atomic mass is 9.89. The molecule has 31 heavy (non-hydrogen) atoms. The maximum atomic E-state index is 13.5. The van der Waals surface area contributed by atoms with E-state index in [9.17, 15) is 9.59 Å². The Balaban J connectivity index is 1.80. The molecule has 0 aromatic heterocycles. The number of fused-ring (bicyclic) bond motifs is 1. The molecule has 0 saturated heterocycles. The second-order valence-corrected chi connectivity index (χ2v) is 10.8. The molecule has 2 amide bonds. The monoisotopic (exact) mass is 428 g/mol. The molecule has 0 spiro atoms. The van der Waals surface area contributed by atoms with Crippen molar-refractivity contribution in [3.05, 3.63) is 34.9 Å². The quantitative estimate of drug-likeness (QED) is 0.685. The summed E-state index contributed by atoms with van der Waals surface area (Å²) in [5.74, 6) is 0.997. The molecule has 0 bridgehead atoms. The first-order valence-electron chi connectivity index (χ1n) is 11.9. The third-order valence-corrected chi connectivity index (χ3v) is 6.62. The van der Waals surface area contributed by atoms with Crippen molar-refractivity contribution in [1.29, 1.82) is 0 Å². The van der Waals surface area contributed by atoms with Crippen molar-refractivity contribution in [3.8, 4) is 0 Å². The van der Waals surface area contributed by atoms with Crippen LogP contribution in [-0.4, -0.2) is 34.6 Å². The van der Waals surface area contributed by atoms with E-state index in [2.05, 4.69) is 37.4 Å². The van der Waals surface area contributed by atoms with Gasteiger partial charge in [0.2, 0.25) is 5.91 Å². The highest BCUT2D eigenvalue weighted by Gasteiger charge is 2.38. The molecular weight excluding hydrogens is 388 g/mol. The summed E-state index contributed by atoms with van der Waals surface area (Å²) in [5, 5.41) is 3.31. The van der Waals surface area contributed by atoms with Crippen LogP contribution in [0.15, 0.2) is 18.2 Å². The number of ether oxygens (including phenoxy) is 1. The summed E-state index contributed by atoms with van der Waals surface area (Å²) in [4.78, 5) is 28.1. The van der Waals surface area contributed by atoms with Gasteiger partial charge in [-0.1, -0.05) is 63.3 Å². The highest BCUT2D eigenvalue weighted by molar-refractivity contribution is 5.87. The number of aryl methyl sites for hydroxylation is 1. The normalized spacial score (nSPS) is 20.5. The largest absolute Gasteiger partial charge is 0.444 e. The first-order valence-corrected chi connectivity index (χ1v) is 11.9. The van der Waals surface area contributed by atoms with Crippen LogP contribution < -0.4 is 5.32 Å². The summed E-state index contributed by atoms with van der Waals surface area (Å²) >= 11 is 0. The third-order valence-electron chi connectivity index (χ3n) is 6.62. The lowest BCUT2D eigenvalue weighted by molar-refractivity contribution is -0.128. The standard InChI is InChI=1S/C26H40N2O3/c1-17(2)22(14-19-9-7-8-10-19)27-24(29)23-15-20-12-11-18(3)13-21(20)16-28(23)25(30)31-26(4,5)6/h11-13,17,19,22-23H,7-10,14-16H2,1-6H3,(H,27,29)/t22-,23-/m1/s1. The summed E-state index contributed by atoms with van der Waals surface area (Å²) in [5.41, 5.74) is 2.79. The van der Waals surface area contributed by atoms with E-state index < -0.39 is 17.7 Å². The molecule has 1 aromatic rings. The van der Waals surface area contributed by atoms with Gasteiger partial charge < -0.3 is 10.1 Å². The van der Waals surface area contributed by atoms with E-state index in [-0.39, 0.29) is 11.9 Å². The van der Waals surface area contributed by atoms with E-state index in [4.69, 9.17) is 4.74 Å². The summed E-state index contributed by atoms with van der Waals surface area (Å²) in [6, 6.07) is 5.87. The van der Waals surface area contributed by atoms with Crippen molar-refractivity contribution >= 4 is 12.0 Å². The molecule has 3 rings (SSSR count). The second kappa shape index (κ2) is 9.62. The topological polar surface area (TPSA) is 58.6 Å². The van der Waals surface area contributed by atoms with E-state index in [0.29, 0.717) is 24.8 Å². The van der Waals surface area contributed by atoms with Crippen LogP contribution >= 0.6 is 0 Å². The summed E-state index contributed by atoms with van der Waals surface area (Å²) < 4.78 is 5.67. The maximum absolute atomic E-state index is 13.5. The predicted octanol–water partition coefficient (Wildman–Crippen LogP) is 5.38. The number of hydrogen-bond acceptors (Lipinski definition) is 3. The summed E-state index contributed by atoms with van der Waals surface area (Å²) in [6.45, 7) is 12.4. The fourth-order valence-corrected chi connectivity index (χ4v) is 4.84. The zero-order valence-electron chi connectivity index (χ0n) is 20.2. The first-order chi connectivity index (χ1) is 14.5. The van der Waals surface area contributed by atoms with E-state index in [1.54, 1.807) is 4.90 Å². The molecule has 5 nitrogen and oxygen atoms in total. The van der Waals surface area contributed by atoms with Crippen LogP contribution in [0.25, 0.3) is 0 Å². The number of nitrogens with zero attached hydrogens (tertiary/aromatic N) is 1. The van der Waals surface area contributed by atoms with Crippen molar-refractivity contribution in [2.45, 2.75) is 104 Å². The van der Waals surface area contributed by atoms with E-state index >= 15 is 0 Å². The van der Waals surface area contributed by atoms with Gasteiger partial charge >= 0.3 is 6.09 Å². The van der Waals surface area contributed by atoms with Gasteiger partial charge in [0.1, 0.15) is 11.6 Å². The maximum Gasteiger partial charge on any atom is 0.411 e. The molecule has 0 radical (unpaired) electrons. The Morgan fingerprint density at radius 3 is 2.45 bits per heavy atom. The van der Waals surface area contributed by atoms with Gasteiger partial charge in [0.25, 0.3) is 0 Å². The Kier molecular flexibility index (Phi) is 7.33. The molecule has 1 saturated carbocycles. The van der Waals surface area contributed by atoms with Gasteiger partial charge in [0.05, 0.1) is 6.54 Å². The second-order valence-electron chi connectivity index (χ2n) is 10.8. The molecule has 5 heteroatoms. The van der Waals surface area contributed by atoms with E-state index in [1.165, 1.54) is 25.7 Å². The molecule has 1 aliphatic carbocycles. The van der Waals surface area contributed by atoms with Crippen LogP contribution in [0, 0.1) is 18.8 Å². The smallest absolute Gasteiger partial charge is 0.411 e. The minimum absolute atomic E-state index is 0.0613. The number of benzene rings is 1. The van der Waals surface area contributed by atoms with Crippen LogP contribution in [0.5, 0.6) is 0 Å². The van der Waals surface area contributed by atoms with Gasteiger partial charge in [-0.2, -0.15) is 0 Å². The third kappa shape index (κ3) is 6.24. The van der Waals surface area contributed by atoms with Gasteiger partial charge in [-0.25, -0.2) is 4.79 Å². The lowest BCUT2D eigenvalue weighted by Crippen LogP contribution is -2.56. The van der Waals surface area contributed by atoms with Crippen molar-refractivity contribution in [1.82, 2.24) is 10.2 Å². The van der Waals surface area contributed by atoms with Gasteiger partial charge in [0, 0.05) is 12.5 Å². The van der Waals surface area contributed by atoms with E-state index in [0.717, 1.165) is 23.1 Å². The Morgan fingerprint density at radius 1 is 1.16 bits per heavy atom. The average molecular weight is 429 g/mol. The van der Waals surface area contributed by atoms with Crippen LogP contribution in [0.3, 0.4) is 0 Å². The minimum Gasteiger partial charge on any atom is -0.444 e. The first kappa shape index (κ1) is 23.6. The van der Waals surface area contributed by atoms with E-state index in [1.807, 2.05) is 27.7 Å². The van der Waals surface area contributed by atoms with Gasteiger partial charge in [-0.3, -0.25) is 9.69 Å². The molecule has 172 valence electrons. The Labute approximate surface area is 187 Å². The summed E-state index contributed by atoms with van der Waals surface area (Å²) in [7, 11) is 0. The number of nitrogens with one attached hydrogen (secondary N) is 1. The Morgan fingerprint density at radius 2 is 1.84 bits per heavy atom. The highest BCUT2D eigenvalue weighted by Crippen LogP contribution is 2.31. The Hall–Kier alpha value is -2.04. The average Bonchev–Trinajstić information content (AvgIpc) is 3.18. The van der Waals surface area contributed by atoms with Crippen LogP contribution in [0.2, 0.25) is 0 Å². The predicted molar refractivity (Wildman–Crippen MR) is 124 cm³/mol. The van der Waals surface area contributed by atoms with Crippen LogP contribution in [-0.2, 0) is 22.5 Å². The SMILES string of the molecule is Cc1ccc2c(c1)CN(C(=O)OC(C)(C)C)[C@@H](C(=O)N[C@H](CC1CCCC1)C(C)C)C2. The van der Waals surface area contributed by atoms with Crippen molar-refractivity contribution < 1.29 is 14.3 Å². The van der Waals surface area contributed by atoms with Gasteiger partial charge in [0.15, 0.2) is 0 Å². The Bertz CT molecular complexity index is 790. The number of hydrogen-bond donors (Lipinski definition) is 1. The molecule has 1 aromatic carbocycles. The molecule has 1 fully saturated rings. The highest BCUT2D eigenvalue weighted by atomic mass is 16.6. The molecule has 1 aliphatic heterocycles. The fraction of sp³-hybridized carbons (Fsp3) is 0.692. The van der Waals surface area contributed by atoms with Crippen molar-refractivity contribution in [3.63, 3.8) is 0 Å². The summed E-state index contributed by atoms with van der Waals surface area (Å²) in [6.07, 6.45) is 6.26. The molecular formula is C26H40N2O3. The molecule has 0 unspecified atom stereocenters. The molecule has 1 heterocycles. The molecule has 1 N–H and O–H groups in total. The van der Waals surface area contributed by atoms with Crippen LogP contribution in [0.1, 0.15) is 83.4 Å². The van der Waals surface area contributed by atoms with Crippen LogP contribution in [0.4, 0.5) is 4.79 Å². The zero-order valence-corrected chi connectivity index (χ0v) is 20.2. The lowest BCUT2D eigenvalue weighted by Gasteiger charge is -2.38. The van der Waals surface area contributed by atoms with Crippen molar-refractivity contribution in [2.75, 3.05) is 0 Å². The fourth-order valence-electron chi connectivity index (χ4n) is 4.84. The number of carbonyl (C=O) groups is 2. The zero-order chi connectivity index (χ0) is 22.8. The van der Waals surface area contributed by atoms with Gasteiger partial charge in [-0.15, -0.1) is 0 Å². The number of rotatable bonds is 5. The number of carbonyl (C=O) groups excluding carboxylic acids is 2. The van der Waals surface area contributed by atoms with Gasteiger partial charge in [-0.05, 0) is 57.1 Å². The molecule has 2 aliphatic rings.